The highest BCUT2D eigenvalue weighted by molar-refractivity contribution is 7.18. The van der Waals surface area contributed by atoms with E-state index in [1.807, 2.05) is 13.8 Å². The summed E-state index contributed by atoms with van der Waals surface area (Å²) in [5.41, 5.74) is 1.53. The molecule has 1 aromatic carbocycles. The Morgan fingerprint density at radius 1 is 1.36 bits per heavy atom. The number of aromatic nitrogens is 2. The van der Waals surface area contributed by atoms with Crippen molar-refractivity contribution in [2.45, 2.75) is 26.8 Å². The number of hydrogen-bond donors (Lipinski definition) is 1. The monoisotopic (exact) mass is 357 g/mol. The molecule has 0 radical (unpaired) electrons. The van der Waals surface area contributed by atoms with E-state index in [4.69, 9.17) is 4.74 Å². The number of nitrogens with one attached hydrogen (secondary N) is 1. The van der Waals surface area contributed by atoms with Crippen LogP contribution in [-0.4, -0.2) is 22.6 Å². The van der Waals surface area contributed by atoms with Gasteiger partial charge < -0.3 is 10.1 Å². The third-order valence-corrected chi connectivity index (χ3v) is 5.20. The summed E-state index contributed by atoms with van der Waals surface area (Å²) >= 11 is 1.52. The molecule has 7 heteroatoms. The molecule has 1 amide bonds. The molecule has 0 atom stereocenters. The molecule has 0 fully saturated rings. The van der Waals surface area contributed by atoms with E-state index in [1.54, 1.807) is 31.4 Å². The molecule has 2 aromatic heterocycles. The minimum atomic E-state index is -0.168. The predicted molar refractivity (Wildman–Crippen MR) is 99.6 cm³/mol. The molecule has 0 unspecified atom stereocenters. The Kier molecular flexibility index (Phi) is 4.85. The van der Waals surface area contributed by atoms with Gasteiger partial charge in [-0.15, -0.1) is 11.3 Å². The van der Waals surface area contributed by atoms with Gasteiger partial charge in [0.2, 0.25) is 5.91 Å². The molecule has 25 heavy (non-hydrogen) atoms. The minimum absolute atomic E-state index is 0.0963. The number of methoxy groups -OCH3 is 1. The number of thiophene rings is 1. The summed E-state index contributed by atoms with van der Waals surface area (Å²) in [7, 11) is 1.57. The number of fused-ring (bicyclic) bond motifs is 1. The summed E-state index contributed by atoms with van der Waals surface area (Å²) in [4.78, 5) is 30.9. The zero-order valence-corrected chi connectivity index (χ0v) is 15.1. The normalized spacial score (nSPS) is 10.8. The maximum atomic E-state index is 12.6. The van der Waals surface area contributed by atoms with Crippen molar-refractivity contribution >= 4 is 33.1 Å². The van der Waals surface area contributed by atoms with Gasteiger partial charge in [-0.25, -0.2) is 4.98 Å². The van der Waals surface area contributed by atoms with Crippen LogP contribution >= 0.6 is 11.3 Å². The van der Waals surface area contributed by atoms with Crippen LogP contribution in [0.2, 0.25) is 0 Å². The summed E-state index contributed by atoms with van der Waals surface area (Å²) in [5.74, 6) is 0.505. The van der Waals surface area contributed by atoms with Gasteiger partial charge in [-0.3, -0.25) is 14.2 Å². The largest absolute Gasteiger partial charge is 0.497 e. The van der Waals surface area contributed by atoms with E-state index < -0.39 is 0 Å². The SMILES string of the molecule is COc1cccc(NC(=O)CCn2cnc3sc(C)c(C)c3c2=O)c1. The van der Waals surface area contributed by atoms with Crippen LogP contribution in [0.15, 0.2) is 35.4 Å². The van der Waals surface area contributed by atoms with Gasteiger partial charge in [0.05, 0.1) is 18.8 Å². The molecular formula is C18H19N3O3S. The van der Waals surface area contributed by atoms with Crippen molar-refractivity contribution < 1.29 is 9.53 Å². The van der Waals surface area contributed by atoms with Crippen molar-refractivity contribution in [3.63, 3.8) is 0 Å². The Bertz CT molecular complexity index is 991. The molecule has 0 saturated carbocycles. The molecule has 130 valence electrons. The van der Waals surface area contributed by atoms with E-state index in [2.05, 4.69) is 10.3 Å². The van der Waals surface area contributed by atoms with Crippen LogP contribution in [0, 0.1) is 13.8 Å². The van der Waals surface area contributed by atoms with E-state index >= 15 is 0 Å². The van der Waals surface area contributed by atoms with Crippen molar-refractivity contribution in [2.75, 3.05) is 12.4 Å². The molecule has 3 rings (SSSR count). The van der Waals surface area contributed by atoms with Crippen LogP contribution in [0.1, 0.15) is 16.9 Å². The highest BCUT2D eigenvalue weighted by Gasteiger charge is 2.12. The standard InChI is InChI=1S/C18H19N3O3S/c1-11-12(2)25-17-16(11)18(23)21(10-19-17)8-7-15(22)20-13-5-4-6-14(9-13)24-3/h4-6,9-10H,7-8H2,1-3H3,(H,20,22). The number of anilines is 1. The average Bonchev–Trinajstić information content (AvgIpc) is 2.89. The minimum Gasteiger partial charge on any atom is -0.497 e. The second kappa shape index (κ2) is 7.06. The lowest BCUT2D eigenvalue weighted by Crippen LogP contribution is -2.23. The van der Waals surface area contributed by atoms with Crippen molar-refractivity contribution in [1.29, 1.82) is 0 Å². The smallest absolute Gasteiger partial charge is 0.262 e. The number of aryl methyl sites for hydroxylation is 3. The number of ether oxygens (including phenoxy) is 1. The van der Waals surface area contributed by atoms with E-state index in [1.165, 1.54) is 22.2 Å². The molecule has 0 bridgehead atoms. The molecule has 0 aliphatic carbocycles. The van der Waals surface area contributed by atoms with Crippen LogP contribution in [0.3, 0.4) is 0 Å². The number of carbonyl (C=O) groups excluding carboxylic acids is 1. The fraction of sp³-hybridized carbons (Fsp3) is 0.278. The maximum absolute atomic E-state index is 12.6. The number of hydrogen-bond acceptors (Lipinski definition) is 5. The van der Waals surface area contributed by atoms with E-state index in [0.717, 1.165) is 15.3 Å². The fourth-order valence-electron chi connectivity index (χ4n) is 2.58. The Labute approximate surface area is 149 Å². The summed E-state index contributed by atoms with van der Waals surface area (Å²) in [5, 5.41) is 3.46. The van der Waals surface area contributed by atoms with Crippen LogP contribution in [0.25, 0.3) is 10.2 Å². The third-order valence-electron chi connectivity index (χ3n) is 4.09. The van der Waals surface area contributed by atoms with Gasteiger partial charge in [-0.2, -0.15) is 0 Å². The first kappa shape index (κ1) is 17.2. The molecule has 6 nitrogen and oxygen atoms in total. The molecule has 1 N–H and O–H groups in total. The Balaban J connectivity index is 1.72. The van der Waals surface area contributed by atoms with Gasteiger partial charge in [-0.1, -0.05) is 6.07 Å². The van der Waals surface area contributed by atoms with Crippen molar-refractivity contribution in [2.24, 2.45) is 0 Å². The van der Waals surface area contributed by atoms with Crippen LogP contribution in [0.4, 0.5) is 5.69 Å². The summed E-state index contributed by atoms with van der Waals surface area (Å²) in [6.45, 7) is 4.19. The van der Waals surface area contributed by atoms with Gasteiger partial charge in [0.15, 0.2) is 0 Å². The molecule has 0 spiro atoms. The first-order valence-corrected chi connectivity index (χ1v) is 8.70. The summed E-state index contributed by atoms with van der Waals surface area (Å²) < 4.78 is 6.62. The third kappa shape index (κ3) is 3.56. The number of nitrogens with zero attached hydrogens (tertiary/aromatic N) is 2. The Morgan fingerprint density at radius 3 is 2.92 bits per heavy atom. The highest BCUT2D eigenvalue weighted by atomic mass is 32.1. The molecule has 3 aromatic rings. The summed E-state index contributed by atoms with van der Waals surface area (Å²) in [6, 6.07) is 7.15. The van der Waals surface area contributed by atoms with E-state index in [-0.39, 0.29) is 24.4 Å². The first-order chi connectivity index (χ1) is 12.0. The quantitative estimate of drug-likeness (QED) is 0.761. The van der Waals surface area contributed by atoms with Gasteiger partial charge >= 0.3 is 0 Å². The first-order valence-electron chi connectivity index (χ1n) is 7.88. The van der Waals surface area contributed by atoms with Gasteiger partial charge in [0, 0.05) is 29.6 Å². The summed E-state index contributed by atoms with van der Waals surface area (Å²) in [6.07, 6.45) is 1.70. The second-order valence-electron chi connectivity index (χ2n) is 5.74. The van der Waals surface area contributed by atoms with E-state index in [9.17, 15) is 9.59 Å². The number of rotatable bonds is 5. The number of amides is 1. The Hall–Kier alpha value is -2.67. The van der Waals surface area contributed by atoms with Crippen molar-refractivity contribution in [1.82, 2.24) is 9.55 Å². The lowest BCUT2D eigenvalue weighted by Gasteiger charge is -2.08. The molecule has 2 heterocycles. The second-order valence-corrected chi connectivity index (χ2v) is 6.94. The van der Waals surface area contributed by atoms with Gasteiger partial charge in [0.25, 0.3) is 5.56 Å². The number of carbonyl (C=O) groups is 1. The number of benzene rings is 1. The van der Waals surface area contributed by atoms with Crippen molar-refractivity contribution in [3.05, 3.63) is 51.4 Å². The lowest BCUT2D eigenvalue weighted by molar-refractivity contribution is -0.116. The lowest BCUT2D eigenvalue weighted by atomic mass is 10.2. The fourth-order valence-corrected chi connectivity index (χ4v) is 3.56. The molecular weight excluding hydrogens is 338 g/mol. The molecule has 0 aliphatic rings. The average molecular weight is 357 g/mol. The van der Waals surface area contributed by atoms with Crippen molar-refractivity contribution in [3.8, 4) is 5.75 Å². The molecule has 0 saturated heterocycles. The zero-order chi connectivity index (χ0) is 18.0. The highest BCUT2D eigenvalue weighted by Crippen LogP contribution is 2.25. The van der Waals surface area contributed by atoms with E-state index in [0.29, 0.717) is 16.8 Å². The van der Waals surface area contributed by atoms with Crippen LogP contribution in [-0.2, 0) is 11.3 Å². The van der Waals surface area contributed by atoms with Gasteiger partial charge in [0.1, 0.15) is 10.6 Å². The maximum Gasteiger partial charge on any atom is 0.262 e. The molecule has 0 aliphatic heterocycles. The van der Waals surface area contributed by atoms with Gasteiger partial charge in [-0.05, 0) is 31.5 Å². The van der Waals surface area contributed by atoms with Crippen LogP contribution in [0.5, 0.6) is 5.75 Å². The predicted octanol–water partition coefficient (Wildman–Crippen LogP) is 3.11. The zero-order valence-electron chi connectivity index (χ0n) is 14.3. The topological polar surface area (TPSA) is 73.2 Å². The Morgan fingerprint density at radius 2 is 2.16 bits per heavy atom. The van der Waals surface area contributed by atoms with Crippen LogP contribution < -0.4 is 15.6 Å².